The molecule has 0 aromatic heterocycles. The van der Waals surface area contributed by atoms with E-state index in [0.717, 1.165) is 32.0 Å². The van der Waals surface area contributed by atoms with E-state index in [1.54, 1.807) is 7.05 Å². The summed E-state index contributed by atoms with van der Waals surface area (Å²) in [7, 11) is 1.77. The number of aliphatic imine (C=N–C) groups is 1. The minimum absolute atomic E-state index is 0. The van der Waals surface area contributed by atoms with Gasteiger partial charge in [-0.3, -0.25) is 10.3 Å². The monoisotopic (exact) mass is 577 g/mol. The molecular formula is C26H36IN5O2. The maximum Gasteiger partial charge on any atom is 0.412 e. The Morgan fingerprint density at radius 3 is 2.18 bits per heavy atom. The second-order valence-electron chi connectivity index (χ2n) is 8.97. The standard InChI is InChI=1S/C26H35N5O2.HI/c1-26(2,3)33-25(32)30-22-11-7-20(8-12-22)15-16-28-24(27-4)29-19-21-9-13-23(14-10-21)31-17-5-6-18-31;/h5-14H,15-19H2,1-4H3,(H,30,32)(H2,27,28,29);1H. The molecule has 0 fully saturated rings. The smallest absolute Gasteiger partial charge is 0.412 e. The normalized spacial score (nSPS) is 13.3. The van der Waals surface area contributed by atoms with Gasteiger partial charge in [0, 0.05) is 44.6 Å². The molecule has 1 amide bonds. The molecule has 34 heavy (non-hydrogen) atoms. The molecule has 7 nitrogen and oxygen atoms in total. The fourth-order valence-corrected chi connectivity index (χ4v) is 3.42. The van der Waals surface area contributed by atoms with E-state index in [1.807, 2.05) is 45.0 Å². The van der Waals surface area contributed by atoms with Gasteiger partial charge in [-0.05, 0) is 62.6 Å². The van der Waals surface area contributed by atoms with Gasteiger partial charge in [0.2, 0.25) is 0 Å². The van der Waals surface area contributed by atoms with E-state index < -0.39 is 11.7 Å². The highest BCUT2D eigenvalue weighted by Gasteiger charge is 2.16. The summed E-state index contributed by atoms with van der Waals surface area (Å²) in [6.07, 6.45) is 4.78. The van der Waals surface area contributed by atoms with Crippen LogP contribution in [0.3, 0.4) is 0 Å². The third-order valence-electron chi connectivity index (χ3n) is 5.11. The van der Waals surface area contributed by atoms with E-state index in [1.165, 1.54) is 16.8 Å². The first-order valence-corrected chi connectivity index (χ1v) is 11.3. The Kier molecular flexibility index (Phi) is 10.7. The number of anilines is 2. The van der Waals surface area contributed by atoms with E-state index in [0.29, 0.717) is 12.2 Å². The summed E-state index contributed by atoms with van der Waals surface area (Å²) >= 11 is 0. The quantitative estimate of drug-likeness (QED) is 0.188. The molecule has 1 aliphatic heterocycles. The second-order valence-corrected chi connectivity index (χ2v) is 8.97. The minimum Gasteiger partial charge on any atom is -0.444 e. The molecule has 0 bridgehead atoms. The summed E-state index contributed by atoms with van der Waals surface area (Å²) in [6, 6.07) is 16.4. The number of hydrogen-bond acceptors (Lipinski definition) is 4. The lowest BCUT2D eigenvalue weighted by atomic mass is 10.1. The van der Waals surface area contributed by atoms with E-state index in [2.05, 4.69) is 62.3 Å². The fourth-order valence-electron chi connectivity index (χ4n) is 3.42. The molecule has 184 valence electrons. The van der Waals surface area contributed by atoms with Crippen LogP contribution in [0.1, 0.15) is 31.9 Å². The molecule has 1 heterocycles. The lowest BCUT2D eigenvalue weighted by Crippen LogP contribution is -2.37. The summed E-state index contributed by atoms with van der Waals surface area (Å²) < 4.78 is 5.27. The van der Waals surface area contributed by atoms with Crippen LogP contribution in [0.2, 0.25) is 0 Å². The molecule has 0 saturated heterocycles. The number of hydrogen-bond donors (Lipinski definition) is 3. The molecule has 0 atom stereocenters. The summed E-state index contributed by atoms with van der Waals surface area (Å²) in [4.78, 5) is 18.5. The Labute approximate surface area is 220 Å². The van der Waals surface area contributed by atoms with Crippen molar-refractivity contribution in [1.29, 1.82) is 0 Å². The minimum atomic E-state index is -0.517. The molecule has 2 aromatic rings. The Morgan fingerprint density at radius 1 is 0.971 bits per heavy atom. The number of guanidine groups is 1. The van der Waals surface area contributed by atoms with Crippen molar-refractivity contribution in [3.05, 3.63) is 71.8 Å². The van der Waals surface area contributed by atoms with Crippen molar-refractivity contribution in [2.45, 2.75) is 39.3 Å². The zero-order valence-corrected chi connectivity index (χ0v) is 22.8. The Hall–Kier alpha value is -2.75. The van der Waals surface area contributed by atoms with Gasteiger partial charge in [0.1, 0.15) is 5.60 Å². The first-order valence-electron chi connectivity index (χ1n) is 11.3. The molecule has 0 saturated carbocycles. The number of nitrogens with one attached hydrogen (secondary N) is 3. The van der Waals surface area contributed by atoms with Crippen LogP contribution in [0.5, 0.6) is 0 Å². The molecule has 2 aromatic carbocycles. The zero-order chi connectivity index (χ0) is 23.7. The Balaban J connectivity index is 0.00000408. The fraction of sp³-hybridized carbons (Fsp3) is 0.385. The van der Waals surface area contributed by atoms with Crippen LogP contribution in [0.25, 0.3) is 0 Å². The topological polar surface area (TPSA) is 78.0 Å². The molecule has 3 N–H and O–H groups in total. The molecule has 1 aliphatic rings. The van der Waals surface area contributed by atoms with Crippen LogP contribution < -0.4 is 20.9 Å². The average Bonchev–Trinajstić information content (AvgIpc) is 3.31. The maximum absolute atomic E-state index is 11.9. The van der Waals surface area contributed by atoms with E-state index in [4.69, 9.17) is 4.74 Å². The molecule has 0 radical (unpaired) electrons. The highest BCUT2D eigenvalue weighted by molar-refractivity contribution is 14.0. The lowest BCUT2D eigenvalue weighted by molar-refractivity contribution is 0.0636. The summed E-state index contributed by atoms with van der Waals surface area (Å²) in [5.74, 6) is 0.769. The first-order chi connectivity index (χ1) is 15.8. The average molecular weight is 578 g/mol. The molecular weight excluding hydrogens is 541 g/mol. The number of ether oxygens (including phenoxy) is 1. The Morgan fingerprint density at radius 2 is 1.59 bits per heavy atom. The van der Waals surface area contributed by atoms with Crippen LogP contribution in [0.4, 0.5) is 16.2 Å². The molecule has 8 heteroatoms. The number of carbonyl (C=O) groups excluding carboxylic acids is 1. The lowest BCUT2D eigenvalue weighted by Gasteiger charge is -2.19. The maximum atomic E-state index is 11.9. The van der Waals surface area contributed by atoms with E-state index in [9.17, 15) is 4.79 Å². The van der Waals surface area contributed by atoms with Crippen molar-refractivity contribution in [2.75, 3.05) is 36.9 Å². The number of nitrogens with zero attached hydrogens (tertiary/aromatic N) is 2. The van der Waals surface area contributed by atoms with E-state index in [-0.39, 0.29) is 24.0 Å². The van der Waals surface area contributed by atoms with Gasteiger partial charge in [-0.25, -0.2) is 4.79 Å². The van der Waals surface area contributed by atoms with Gasteiger partial charge in [0.25, 0.3) is 0 Å². The van der Waals surface area contributed by atoms with Crippen LogP contribution in [-0.2, 0) is 17.7 Å². The molecule has 3 rings (SSSR count). The summed E-state index contributed by atoms with van der Waals surface area (Å²) in [5, 5.41) is 9.46. The van der Waals surface area contributed by atoms with Gasteiger partial charge in [-0.15, -0.1) is 24.0 Å². The second kappa shape index (κ2) is 13.2. The van der Waals surface area contributed by atoms with Crippen molar-refractivity contribution in [2.24, 2.45) is 4.99 Å². The van der Waals surface area contributed by atoms with Gasteiger partial charge in [-0.1, -0.05) is 36.4 Å². The number of halogens is 1. The van der Waals surface area contributed by atoms with Gasteiger partial charge < -0.3 is 20.3 Å². The highest BCUT2D eigenvalue weighted by atomic mass is 127. The van der Waals surface area contributed by atoms with Crippen molar-refractivity contribution in [3.63, 3.8) is 0 Å². The number of carbonyl (C=O) groups is 1. The van der Waals surface area contributed by atoms with Crippen LogP contribution in [-0.4, -0.2) is 44.3 Å². The SMILES string of the molecule is CN=C(NCCc1ccc(NC(=O)OC(C)(C)C)cc1)NCc1ccc(N2CC=CC2)cc1.I. The van der Waals surface area contributed by atoms with Crippen LogP contribution in [0, 0.1) is 0 Å². The summed E-state index contributed by atoms with van der Waals surface area (Å²) in [6.45, 7) is 8.95. The number of rotatable bonds is 7. The van der Waals surface area contributed by atoms with Gasteiger partial charge in [-0.2, -0.15) is 0 Å². The predicted octanol–water partition coefficient (Wildman–Crippen LogP) is 4.94. The third-order valence-corrected chi connectivity index (χ3v) is 5.11. The summed E-state index contributed by atoms with van der Waals surface area (Å²) in [5.41, 5.74) is 3.82. The van der Waals surface area contributed by atoms with Crippen molar-refractivity contribution in [3.8, 4) is 0 Å². The number of benzene rings is 2. The van der Waals surface area contributed by atoms with Crippen molar-refractivity contribution < 1.29 is 9.53 Å². The third kappa shape index (κ3) is 9.24. The molecule has 0 aliphatic carbocycles. The van der Waals surface area contributed by atoms with Gasteiger partial charge in [0.05, 0.1) is 0 Å². The number of amides is 1. The largest absolute Gasteiger partial charge is 0.444 e. The van der Waals surface area contributed by atoms with Crippen molar-refractivity contribution in [1.82, 2.24) is 10.6 Å². The van der Waals surface area contributed by atoms with Crippen LogP contribution >= 0.6 is 24.0 Å². The molecule has 0 spiro atoms. The van der Waals surface area contributed by atoms with Crippen LogP contribution in [0.15, 0.2) is 65.7 Å². The first kappa shape index (κ1) is 27.5. The highest BCUT2D eigenvalue weighted by Crippen LogP contribution is 2.17. The Bertz CT molecular complexity index is 958. The van der Waals surface area contributed by atoms with E-state index >= 15 is 0 Å². The predicted molar refractivity (Wildman–Crippen MR) is 151 cm³/mol. The molecule has 0 unspecified atom stereocenters. The zero-order valence-electron chi connectivity index (χ0n) is 20.4. The van der Waals surface area contributed by atoms with Crippen molar-refractivity contribution >= 4 is 47.4 Å². The van der Waals surface area contributed by atoms with Gasteiger partial charge in [0.15, 0.2) is 5.96 Å². The van der Waals surface area contributed by atoms with Gasteiger partial charge >= 0.3 is 6.09 Å².